The average molecular weight is 334 g/mol. The Morgan fingerprint density at radius 2 is 2.04 bits per heavy atom. The highest BCUT2D eigenvalue weighted by Gasteiger charge is 2.41. The van der Waals surface area contributed by atoms with E-state index >= 15 is 0 Å². The van der Waals surface area contributed by atoms with Crippen LogP contribution in [0.15, 0.2) is 18.2 Å². The SMILES string of the molecule is CCCCNC(=O)CN1C(=O)C(C)(C)Oc2cc(C(=O)O)ccc21. The predicted octanol–water partition coefficient (Wildman–Crippen LogP) is 1.81. The number of rotatable bonds is 6. The Morgan fingerprint density at radius 1 is 1.33 bits per heavy atom. The number of ether oxygens (including phenoxy) is 1. The maximum atomic E-state index is 12.6. The topological polar surface area (TPSA) is 95.9 Å². The number of carboxylic acids is 1. The van der Waals surface area contributed by atoms with E-state index < -0.39 is 11.6 Å². The van der Waals surface area contributed by atoms with Gasteiger partial charge in [-0.1, -0.05) is 13.3 Å². The molecule has 0 radical (unpaired) electrons. The highest BCUT2D eigenvalue weighted by atomic mass is 16.5. The zero-order valence-corrected chi connectivity index (χ0v) is 14.1. The van der Waals surface area contributed by atoms with Crippen LogP contribution in [0, 0.1) is 0 Å². The average Bonchev–Trinajstić information content (AvgIpc) is 2.51. The van der Waals surface area contributed by atoms with Crippen molar-refractivity contribution in [2.45, 2.75) is 39.2 Å². The van der Waals surface area contributed by atoms with E-state index in [9.17, 15) is 14.4 Å². The van der Waals surface area contributed by atoms with E-state index in [1.54, 1.807) is 13.8 Å². The molecule has 2 rings (SSSR count). The molecule has 0 saturated carbocycles. The van der Waals surface area contributed by atoms with Crippen molar-refractivity contribution in [1.29, 1.82) is 0 Å². The van der Waals surface area contributed by atoms with Crippen LogP contribution < -0.4 is 15.0 Å². The third kappa shape index (κ3) is 3.67. The number of fused-ring (bicyclic) bond motifs is 1. The van der Waals surface area contributed by atoms with Gasteiger partial charge in [0.05, 0.1) is 11.3 Å². The predicted molar refractivity (Wildman–Crippen MR) is 88.4 cm³/mol. The van der Waals surface area contributed by atoms with E-state index in [0.717, 1.165) is 12.8 Å². The van der Waals surface area contributed by atoms with Crippen molar-refractivity contribution >= 4 is 23.5 Å². The van der Waals surface area contributed by atoms with Gasteiger partial charge in [-0.3, -0.25) is 14.5 Å². The quantitative estimate of drug-likeness (QED) is 0.774. The van der Waals surface area contributed by atoms with Crippen molar-refractivity contribution in [2.75, 3.05) is 18.0 Å². The molecular formula is C17H22N2O5. The number of aromatic carboxylic acids is 1. The van der Waals surface area contributed by atoms with E-state index in [-0.39, 0.29) is 29.7 Å². The summed E-state index contributed by atoms with van der Waals surface area (Å²) in [7, 11) is 0. The summed E-state index contributed by atoms with van der Waals surface area (Å²) in [6, 6.07) is 4.25. The fraction of sp³-hybridized carbons (Fsp3) is 0.471. The first-order chi connectivity index (χ1) is 11.3. The maximum absolute atomic E-state index is 12.6. The molecule has 0 aromatic heterocycles. The number of unbranched alkanes of at least 4 members (excludes halogenated alkanes) is 1. The lowest BCUT2D eigenvalue weighted by atomic mass is 10.0. The van der Waals surface area contributed by atoms with Gasteiger partial charge in [-0.15, -0.1) is 0 Å². The molecule has 1 aromatic rings. The molecule has 7 heteroatoms. The molecule has 0 bridgehead atoms. The Morgan fingerprint density at radius 3 is 2.67 bits per heavy atom. The van der Waals surface area contributed by atoms with Gasteiger partial charge < -0.3 is 15.2 Å². The van der Waals surface area contributed by atoms with Gasteiger partial charge in [0.1, 0.15) is 12.3 Å². The summed E-state index contributed by atoms with van der Waals surface area (Å²) in [5, 5.41) is 11.9. The van der Waals surface area contributed by atoms with Crippen molar-refractivity contribution in [3.05, 3.63) is 23.8 Å². The van der Waals surface area contributed by atoms with Crippen LogP contribution in [0.4, 0.5) is 5.69 Å². The number of hydrogen-bond acceptors (Lipinski definition) is 4. The number of carbonyl (C=O) groups excluding carboxylic acids is 2. The number of benzene rings is 1. The number of nitrogens with one attached hydrogen (secondary N) is 1. The van der Waals surface area contributed by atoms with Gasteiger partial charge in [-0.2, -0.15) is 0 Å². The number of carboxylic acid groups (broad SMARTS) is 1. The van der Waals surface area contributed by atoms with Gasteiger partial charge in [0.25, 0.3) is 5.91 Å². The minimum absolute atomic E-state index is 0.0613. The monoisotopic (exact) mass is 334 g/mol. The molecule has 0 unspecified atom stereocenters. The zero-order valence-electron chi connectivity index (χ0n) is 14.1. The van der Waals surface area contributed by atoms with Gasteiger partial charge in [-0.05, 0) is 38.5 Å². The summed E-state index contributed by atoms with van der Waals surface area (Å²) in [5.74, 6) is -1.41. The van der Waals surface area contributed by atoms with Crippen LogP contribution in [0.3, 0.4) is 0 Å². The summed E-state index contributed by atoms with van der Waals surface area (Å²) >= 11 is 0. The molecule has 0 aliphatic carbocycles. The molecule has 7 nitrogen and oxygen atoms in total. The van der Waals surface area contributed by atoms with Crippen LogP contribution in [0.2, 0.25) is 0 Å². The highest BCUT2D eigenvalue weighted by Crippen LogP contribution is 2.38. The molecule has 2 N–H and O–H groups in total. The van der Waals surface area contributed by atoms with Crippen molar-refractivity contribution in [3.63, 3.8) is 0 Å². The fourth-order valence-electron chi connectivity index (χ4n) is 2.47. The summed E-state index contributed by atoms with van der Waals surface area (Å²) < 4.78 is 5.65. The zero-order chi connectivity index (χ0) is 17.9. The lowest BCUT2D eigenvalue weighted by Gasteiger charge is -2.38. The van der Waals surface area contributed by atoms with Crippen LogP contribution >= 0.6 is 0 Å². The number of carbonyl (C=O) groups is 3. The summed E-state index contributed by atoms with van der Waals surface area (Å²) in [6.07, 6.45) is 1.83. The molecular weight excluding hydrogens is 312 g/mol. The Kier molecular flexibility index (Phi) is 5.11. The molecule has 130 valence electrons. The Labute approximate surface area is 140 Å². The number of nitrogens with zero attached hydrogens (tertiary/aromatic N) is 1. The number of amides is 2. The lowest BCUT2D eigenvalue weighted by Crippen LogP contribution is -2.55. The van der Waals surface area contributed by atoms with E-state index in [1.807, 2.05) is 6.92 Å². The van der Waals surface area contributed by atoms with Crippen LogP contribution in [0.25, 0.3) is 0 Å². The molecule has 2 amide bonds. The van der Waals surface area contributed by atoms with Crippen molar-refractivity contribution in [1.82, 2.24) is 5.32 Å². The minimum atomic E-state index is -1.17. The van der Waals surface area contributed by atoms with Gasteiger partial charge >= 0.3 is 5.97 Å². The minimum Gasteiger partial charge on any atom is -0.478 e. The standard InChI is InChI=1S/C17H22N2O5/c1-4-5-8-18-14(20)10-19-12-7-6-11(15(21)22)9-13(12)24-17(2,3)16(19)23/h6-7,9H,4-5,8,10H2,1-3H3,(H,18,20)(H,21,22). The van der Waals surface area contributed by atoms with Crippen molar-refractivity contribution in [2.24, 2.45) is 0 Å². The molecule has 1 aliphatic rings. The summed E-state index contributed by atoms with van der Waals surface area (Å²) in [6.45, 7) is 5.63. The number of hydrogen-bond donors (Lipinski definition) is 2. The molecule has 0 spiro atoms. The molecule has 24 heavy (non-hydrogen) atoms. The molecule has 1 heterocycles. The van der Waals surface area contributed by atoms with Crippen molar-refractivity contribution < 1.29 is 24.2 Å². The first-order valence-corrected chi connectivity index (χ1v) is 7.91. The van der Waals surface area contributed by atoms with Gasteiger partial charge in [0.15, 0.2) is 5.60 Å². The van der Waals surface area contributed by atoms with Gasteiger partial charge in [-0.25, -0.2) is 4.79 Å². The normalized spacial score (nSPS) is 15.5. The first kappa shape index (κ1) is 17.8. The smallest absolute Gasteiger partial charge is 0.335 e. The van der Waals surface area contributed by atoms with Gasteiger partial charge in [0.2, 0.25) is 5.91 Å². The van der Waals surface area contributed by atoms with E-state index in [4.69, 9.17) is 9.84 Å². The maximum Gasteiger partial charge on any atom is 0.335 e. The van der Waals surface area contributed by atoms with Crippen LogP contribution in [0.5, 0.6) is 5.75 Å². The second-order valence-corrected chi connectivity index (χ2v) is 6.19. The molecule has 1 aromatic carbocycles. The van der Waals surface area contributed by atoms with Crippen LogP contribution in [-0.2, 0) is 9.59 Å². The largest absolute Gasteiger partial charge is 0.478 e. The summed E-state index contributed by atoms with van der Waals surface area (Å²) in [4.78, 5) is 37.1. The first-order valence-electron chi connectivity index (χ1n) is 7.91. The Hall–Kier alpha value is -2.57. The molecule has 0 saturated heterocycles. The molecule has 0 atom stereocenters. The van der Waals surface area contributed by atoms with Crippen molar-refractivity contribution in [3.8, 4) is 5.75 Å². The van der Waals surface area contributed by atoms with E-state index in [1.165, 1.54) is 23.1 Å². The third-order valence-corrected chi connectivity index (χ3v) is 3.78. The Bertz CT molecular complexity index is 669. The second-order valence-electron chi connectivity index (χ2n) is 6.19. The van der Waals surface area contributed by atoms with Crippen LogP contribution in [-0.4, -0.2) is 41.6 Å². The molecule has 1 aliphatic heterocycles. The lowest BCUT2D eigenvalue weighted by molar-refractivity contribution is -0.134. The summed E-state index contributed by atoms with van der Waals surface area (Å²) in [5.41, 5.74) is -0.713. The fourth-order valence-corrected chi connectivity index (χ4v) is 2.47. The van der Waals surface area contributed by atoms with E-state index in [2.05, 4.69) is 5.32 Å². The van der Waals surface area contributed by atoms with Crippen LogP contribution in [0.1, 0.15) is 44.0 Å². The third-order valence-electron chi connectivity index (χ3n) is 3.78. The van der Waals surface area contributed by atoms with Gasteiger partial charge in [0, 0.05) is 6.54 Å². The molecule has 0 fully saturated rings. The number of anilines is 1. The Balaban J connectivity index is 2.28. The van der Waals surface area contributed by atoms with E-state index in [0.29, 0.717) is 12.2 Å². The highest BCUT2D eigenvalue weighted by molar-refractivity contribution is 6.06. The second kappa shape index (κ2) is 6.90.